The minimum Gasteiger partial charge on any atom is -0.388 e. The van der Waals surface area contributed by atoms with Crippen molar-refractivity contribution in [3.63, 3.8) is 0 Å². The van der Waals surface area contributed by atoms with Crippen molar-refractivity contribution in [2.24, 2.45) is 0 Å². The van der Waals surface area contributed by atoms with Gasteiger partial charge in [-0.05, 0) is 70.8 Å². The summed E-state index contributed by atoms with van der Waals surface area (Å²) < 4.78 is 32.8. The molecule has 3 saturated heterocycles. The number of hydrogen-bond donors (Lipinski definition) is 20. The third kappa shape index (κ3) is 35.7. The smallest absolute Gasteiger partial charge is 0.242 e. The van der Waals surface area contributed by atoms with E-state index >= 15 is 0 Å². The number of thiol groups is 2. The Kier molecular flexibility index (Phi) is 47.0. The summed E-state index contributed by atoms with van der Waals surface area (Å²) >= 11 is 8.45. The molecule has 3 rings (SSSR count). The molecule has 0 bridgehead atoms. The summed E-state index contributed by atoms with van der Waals surface area (Å²) in [5.74, 6) is -3.26. The quantitative estimate of drug-likeness (QED) is 0.0201. The van der Waals surface area contributed by atoms with Gasteiger partial charge in [0.1, 0.15) is 66.8 Å². The van der Waals surface area contributed by atoms with Gasteiger partial charge in [-0.15, -0.1) is 0 Å². The van der Waals surface area contributed by atoms with Crippen molar-refractivity contribution in [1.29, 1.82) is 0 Å². The zero-order valence-electron chi connectivity index (χ0n) is 56.3. The number of hydrogen-bond acceptors (Lipinski definition) is 27. The predicted molar refractivity (Wildman–Crippen MR) is 352 cm³/mol. The first kappa shape index (κ1) is 90.0. The first-order chi connectivity index (χ1) is 46.3. The fourth-order valence-corrected chi connectivity index (χ4v) is 11.1. The van der Waals surface area contributed by atoms with Crippen molar-refractivity contribution in [1.82, 2.24) is 52.8 Å². The van der Waals surface area contributed by atoms with Crippen LogP contribution in [0.15, 0.2) is 0 Å². The molecule has 0 spiro atoms. The number of nitrogens with one attached hydrogen (secondary N) is 9. The molecular formula is C61H110N10O24ReS2. The number of amides is 9. The number of nitrogens with zero attached hydrogens (tertiary/aromatic N) is 1. The molecule has 0 aromatic heterocycles. The van der Waals surface area contributed by atoms with Crippen molar-refractivity contribution in [2.45, 2.75) is 254 Å². The van der Waals surface area contributed by atoms with Gasteiger partial charge in [0.15, 0.2) is 37.7 Å². The molecule has 1 radical (unpaired) electrons. The molecule has 18 N–H and O–H groups in total. The van der Waals surface area contributed by atoms with Crippen molar-refractivity contribution in [3.8, 4) is 0 Å². The number of aliphatic hydroxyl groups is 9. The van der Waals surface area contributed by atoms with Crippen LogP contribution < -0.4 is 47.9 Å². The Morgan fingerprint density at radius 1 is 0.398 bits per heavy atom. The van der Waals surface area contributed by atoms with Crippen LogP contribution in [0.1, 0.15) is 149 Å². The zero-order chi connectivity index (χ0) is 71.8. The largest absolute Gasteiger partial charge is 0.388 e. The van der Waals surface area contributed by atoms with E-state index in [1.54, 1.807) is 0 Å². The van der Waals surface area contributed by atoms with E-state index in [4.69, 9.17) is 28.4 Å². The van der Waals surface area contributed by atoms with E-state index in [1.165, 1.54) is 20.8 Å². The average Bonchev–Trinajstić information content (AvgIpc) is 0.830. The van der Waals surface area contributed by atoms with Crippen LogP contribution >= 0.6 is 25.3 Å². The number of rotatable bonds is 49. The van der Waals surface area contributed by atoms with Gasteiger partial charge in [-0.25, -0.2) is 0 Å². The molecule has 0 aliphatic carbocycles. The minimum absolute atomic E-state index is 0. The first-order valence-corrected chi connectivity index (χ1v) is 34.9. The summed E-state index contributed by atoms with van der Waals surface area (Å²) in [6.07, 6.45) is -10.9. The zero-order valence-corrected chi connectivity index (χ0v) is 60.8. The van der Waals surface area contributed by atoms with Crippen molar-refractivity contribution in [2.75, 3.05) is 77.1 Å². The molecule has 98 heavy (non-hydrogen) atoms. The molecule has 3 aliphatic heterocycles. The monoisotopic (exact) mass is 1620 g/mol. The van der Waals surface area contributed by atoms with Crippen LogP contribution in [0.25, 0.3) is 0 Å². The number of unbranched alkanes of at least 4 members (excludes halogenated alkanes) is 11. The van der Waals surface area contributed by atoms with Crippen molar-refractivity contribution < 1.29 is 138 Å². The van der Waals surface area contributed by atoms with Gasteiger partial charge in [-0.1, -0.05) is 44.9 Å². The normalized spacial score (nSPS) is 25.9. The topological polar surface area (TPSA) is 503 Å². The standard InChI is InChI=1S/C61H110N10O24S2.Re/c1-36(72)66-45-48(79)51(82)56(87)93-59(45)90-30-16-7-4-12-24-62-41(75)22-20-39(54(85)64-25-13-5-8-17-31-91-60-46(67-37(2)73)49(80)52(83)57(88)94-60)70-43(77)23-21-40(69-42(76)19-11-10-15-28-71(29-34-97)35-44(78)63-27-33-96)55(86)65-26-14-6-9-18-32-92-61-47(68-38(3)74)50(81)53(84)58(89)95-61;/h39-40,45-53,56-61,79-84,87-89,96-97H,4-35H2,1-3H3,(H,62,75)(H,63,78)(H,64,85)(H,65,86)(H,66,72)(H,67,73)(H,68,74)(H,69,76)(H,70,77);/t39?,40?,45-,46-,47-,48-,49-,50-,51-,52-,53-,56+,57+,58+,59-,60-,61-;/m1./s1/i;1+2. The Bertz CT molecular complexity index is 2360. The summed E-state index contributed by atoms with van der Waals surface area (Å²) in [6.45, 7) is 6.39. The molecule has 3 aliphatic rings. The number of ether oxygens (including phenoxy) is 6. The summed E-state index contributed by atoms with van der Waals surface area (Å²) in [5, 5.41) is 115. The maximum absolute atomic E-state index is 13.8. The molecule has 17 atom stereocenters. The van der Waals surface area contributed by atoms with Gasteiger partial charge >= 0.3 is 0 Å². The van der Waals surface area contributed by atoms with E-state index in [2.05, 4.69) is 73.1 Å². The molecule has 3 fully saturated rings. The van der Waals surface area contributed by atoms with Crippen molar-refractivity contribution >= 4 is 78.4 Å². The Morgan fingerprint density at radius 2 is 0.745 bits per heavy atom. The number of carbonyl (C=O) groups is 9. The van der Waals surface area contributed by atoms with Gasteiger partial charge in [-0.2, -0.15) is 25.3 Å². The van der Waals surface area contributed by atoms with Crippen LogP contribution in [0.5, 0.6) is 0 Å². The van der Waals surface area contributed by atoms with E-state index in [9.17, 15) is 89.1 Å². The second kappa shape index (κ2) is 51.2. The second-order valence-electron chi connectivity index (χ2n) is 24.3. The van der Waals surface area contributed by atoms with Crippen LogP contribution in [0, 0.1) is 0 Å². The van der Waals surface area contributed by atoms with Gasteiger partial charge in [0.2, 0.25) is 53.2 Å². The summed E-state index contributed by atoms with van der Waals surface area (Å²) in [7, 11) is 0. The Hall–Kier alpha value is -4.05. The fourth-order valence-electron chi connectivity index (χ4n) is 10.7. The van der Waals surface area contributed by atoms with Gasteiger partial charge in [0.05, 0.1) is 6.54 Å². The molecule has 34 nitrogen and oxygen atoms in total. The molecular weight excluding hydrogens is 1510 g/mol. The molecule has 3 heterocycles. The second-order valence-corrected chi connectivity index (χ2v) is 25.2. The number of aliphatic hydroxyl groups excluding tert-OH is 9. The third-order valence-corrected chi connectivity index (χ3v) is 16.5. The molecule has 0 aromatic carbocycles. The van der Waals surface area contributed by atoms with Gasteiger partial charge < -0.3 is 122 Å². The van der Waals surface area contributed by atoms with Gasteiger partial charge in [0.25, 0.3) is 0 Å². The van der Waals surface area contributed by atoms with E-state index in [1.807, 2.05) is 4.90 Å². The van der Waals surface area contributed by atoms with E-state index in [-0.39, 0.29) is 104 Å². The van der Waals surface area contributed by atoms with Crippen LogP contribution in [-0.2, 0) is 92.0 Å². The van der Waals surface area contributed by atoms with E-state index in [0.29, 0.717) is 127 Å². The van der Waals surface area contributed by atoms with Crippen molar-refractivity contribution in [3.05, 3.63) is 0 Å². The van der Waals surface area contributed by atoms with Crippen LogP contribution in [0.3, 0.4) is 0 Å². The van der Waals surface area contributed by atoms with E-state index < -0.39 is 152 Å². The molecule has 9 amide bonds. The minimum atomic E-state index is -1.75. The fraction of sp³-hybridized carbons (Fsp3) is 0.852. The first-order valence-electron chi connectivity index (χ1n) is 33.6. The third-order valence-electron chi connectivity index (χ3n) is 16.0. The number of carbonyl (C=O) groups excluding carboxylic acids is 9. The predicted octanol–water partition coefficient (Wildman–Crippen LogP) is -4.86. The molecule has 567 valence electrons. The summed E-state index contributed by atoms with van der Waals surface area (Å²) in [5.41, 5.74) is 0. The molecule has 2 unspecified atom stereocenters. The van der Waals surface area contributed by atoms with Crippen LogP contribution in [-0.4, -0.2) is 286 Å². The van der Waals surface area contributed by atoms with E-state index in [0.717, 1.165) is 0 Å². The van der Waals surface area contributed by atoms with Gasteiger partial charge in [0, 0.05) is 125 Å². The summed E-state index contributed by atoms with van der Waals surface area (Å²) in [6, 6.07) is -5.79. The average molecular weight is 1620 g/mol. The molecule has 0 aromatic rings. The van der Waals surface area contributed by atoms with Gasteiger partial charge in [-0.3, -0.25) is 48.1 Å². The van der Waals surface area contributed by atoms with Crippen LogP contribution in [0.4, 0.5) is 0 Å². The SMILES string of the molecule is CC(=O)N[C@H]1[C@H](OCCCCCCNC(=O)CCC(NC(=O)CCC(NC(=O)CCCCCN(CCS)CC(=O)NCCS)C(=O)NCCCCCCO[C@@H]2O[C@H](O)[C@H](O)[C@H](O)[C@H]2NC(C)=O)C(=O)NCCCCCCO[C@@H]2O[C@H](O)[C@H](O)[C@H](O)[C@H]2NC(C)=O)O[C@H](O)[C@H](O)[C@@H]1O.[188Re]. The van der Waals surface area contributed by atoms with Crippen LogP contribution in [0.2, 0.25) is 0 Å². The molecule has 37 heteroatoms. The maximum atomic E-state index is 13.8. The summed E-state index contributed by atoms with van der Waals surface area (Å²) in [4.78, 5) is 118. The maximum Gasteiger partial charge on any atom is 0.242 e. The Balaban J connectivity index is 0.0000327. The molecule has 0 saturated carbocycles. The Morgan fingerprint density at radius 3 is 1.12 bits per heavy atom. The Labute approximate surface area is 597 Å².